The lowest BCUT2D eigenvalue weighted by Gasteiger charge is -2.22. The third-order valence-corrected chi connectivity index (χ3v) is 4.78. The van der Waals surface area contributed by atoms with Crippen molar-refractivity contribution in [2.75, 3.05) is 18.0 Å². The van der Waals surface area contributed by atoms with Crippen molar-refractivity contribution in [3.8, 4) is 10.6 Å². The summed E-state index contributed by atoms with van der Waals surface area (Å²) in [6.45, 7) is 6.30. The molecule has 0 N–H and O–H groups in total. The van der Waals surface area contributed by atoms with Gasteiger partial charge in [0.15, 0.2) is 0 Å². The first-order chi connectivity index (χ1) is 9.72. The molecule has 0 atom stereocenters. The summed E-state index contributed by atoms with van der Waals surface area (Å²) in [7, 11) is 0. The van der Waals surface area contributed by atoms with E-state index in [4.69, 9.17) is 0 Å². The highest BCUT2D eigenvalue weighted by molar-refractivity contribution is 9.10. The zero-order valence-electron chi connectivity index (χ0n) is 11.2. The molecule has 0 aliphatic rings. The summed E-state index contributed by atoms with van der Waals surface area (Å²) in [5, 5.41) is 13.2. The highest BCUT2D eigenvalue weighted by Gasteiger charge is 2.11. The summed E-state index contributed by atoms with van der Waals surface area (Å²) >= 11 is 5.20. The molecular weight excluding hydrogens is 338 g/mol. The minimum absolute atomic E-state index is 0.809. The van der Waals surface area contributed by atoms with E-state index >= 15 is 0 Å². The van der Waals surface area contributed by atoms with Crippen molar-refractivity contribution in [1.29, 1.82) is 0 Å². The quantitative estimate of drug-likeness (QED) is 0.721. The van der Waals surface area contributed by atoms with Gasteiger partial charge in [-0.05, 0) is 48.0 Å². The van der Waals surface area contributed by atoms with Gasteiger partial charge >= 0.3 is 0 Å². The number of hydrogen-bond acceptors (Lipinski definition) is 5. The van der Waals surface area contributed by atoms with Gasteiger partial charge in [-0.15, -0.1) is 10.2 Å². The van der Waals surface area contributed by atoms with Crippen molar-refractivity contribution in [2.24, 2.45) is 0 Å². The molecule has 2 aromatic heterocycles. The van der Waals surface area contributed by atoms with E-state index in [1.165, 1.54) is 17.0 Å². The normalized spacial score (nSPS) is 11.2. The zero-order chi connectivity index (χ0) is 14.1. The van der Waals surface area contributed by atoms with Gasteiger partial charge < -0.3 is 4.90 Å². The minimum atomic E-state index is 0.809. The molecule has 3 aromatic rings. The lowest BCUT2D eigenvalue weighted by atomic mass is 10.2. The van der Waals surface area contributed by atoms with Crippen LogP contribution in [0.5, 0.6) is 0 Å². The van der Waals surface area contributed by atoms with Gasteiger partial charge in [0.2, 0.25) is 4.96 Å². The summed E-state index contributed by atoms with van der Waals surface area (Å²) < 4.78 is 2.79. The van der Waals surface area contributed by atoms with E-state index in [0.717, 1.165) is 33.1 Å². The largest absolute Gasteiger partial charge is 0.371 e. The van der Waals surface area contributed by atoms with Crippen LogP contribution in [0.15, 0.2) is 29.0 Å². The first-order valence-corrected chi connectivity index (χ1v) is 8.05. The highest BCUT2D eigenvalue weighted by atomic mass is 79.9. The molecule has 0 aliphatic heterocycles. The van der Waals surface area contributed by atoms with Crippen LogP contribution < -0.4 is 4.90 Å². The number of rotatable bonds is 4. The molecule has 0 spiro atoms. The Kier molecular flexibility index (Phi) is 3.71. The van der Waals surface area contributed by atoms with E-state index in [-0.39, 0.29) is 0 Å². The van der Waals surface area contributed by atoms with Crippen LogP contribution in [-0.4, -0.2) is 32.9 Å². The van der Waals surface area contributed by atoms with Crippen molar-refractivity contribution in [3.63, 3.8) is 0 Å². The highest BCUT2D eigenvalue weighted by Crippen LogP contribution is 2.33. The Morgan fingerprint density at radius 3 is 2.75 bits per heavy atom. The van der Waals surface area contributed by atoms with Crippen LogP contribution in [0.1, 0.15) is 13.8 Å². The maximum Gasteiger partial charge on any atom is 0.234 e. The van der Waals surface area contributed by atoms with Crippen molar-refractivity contribution in [2.45, 2.75) is 13.8 Å². The van der Waals surface area contributed by atoms with E-state index < -0.39 is 0 Å². The van der Waals surface area contributed by atoms with Gasteiger partial charge in [0.1, 0.15) is 11.3 Å². The van der Waals surface area contributed by atoms with Gasteiger partial charge in [0.25, 0.3) is 0 Å². The third-order valence-electron chi connectivity index (χ3n) is 3.19. The van der Waals surface area contributed by atoms with Crippen molar-refractivity contribution in [1.82, 2.24) is 19.8 Å². The molecular formula is C13H14BrN5S. The van der Waals surface area contributed by atoms with E-state index in [0.29, 0.717) is 0 Å². The fourth-order valence-corrected chi connectivity index (χ4v) is 3.58. The molecule has 0 radical (unpaired) electrons. The molecule has 0 aliphatic carbocycles. The van der Waals surface area contributed by atoms with Gasteiger partial charge in [-0.25, -0.2) is 0 Å². The molecule has 104 valence electrons. The lowest BCUT2D eigenvalue weighted by Crippen LogP contribution is -2.22. The SMILES string of the molecule is CCN(CC)c1ccc(-c2nn3cnnc3s2)cc1Br. The predicted octanol–water partition coefficient (Wildman–Crippen LogP) is 3.46. The van der Waals surface area contributed by atoms with E-state index in [1.54, 1.807) is 10.8 Å². The number of hydrogen-bond donors (Lipinski definition) is 0. The second-order valence-electron chi connectivity index (χ2n) is 4.30. The standard InChI is InChI=1S/C13H14BrN5S/c1-3-18(4-2)11-6-5-9(7-10(11)14)12-17-19-8-15-16-13(19)20-12/h5-8H,3-4H2,1-2H3. The molecule has 20 heavy (non-hydrogen) atoms. The monoisotopic (exact) mass is 351 g/mol. The van der Waals surface area contributed by atoms with Crippen LogP contribution in [0.2, 0.25) is 0 Å². The number of nitrogens with zero attached hydrogens (tertiary/aromatic N) is 5. The average Bonchev–Trinajstić information content (AvgIpc) is 3.02. The summed E-state index contributed by atoms with van der Waals surface area (Å²) in [5.74, 6) is 0. The Hall–Kier alpha value is -1.47. The van der Waals surface area contributed by atoms with Crippen LogP contribution >= 0.6 is 27.3 Å². The Morgan fingerprint density at radius 1 is 1.30 bits per heavy atom. The smallest absolute Gasteiger partial charge is 0.234 e. The second-order valence-corrected chi connectivity index (χ2v) is 6.11. The van der Waals surface area contributed by atoms with Crippen molar-refractivity contribution < 1.29 is 0 Å². The Morgan fingerprint density at radius 2 is 2.10 bits per heavy atom. The van der Waals surface area contributed by atoms with Crippen LogP contribution in [0.25, 0.3) is 15.5 Å². The Balaban J connectivity index is 1.99. The number of fused-ring (bicyclic) bond motifs is 1. The number of anilines is 1. The molecule has 0 fully saturated rings. The predicted molar refractivity (Wildman–Crippen MR) is 85.4 cm³/mol. The van der Waals surface area contributed by atoms with Gasteiger partial charge in [0.05, 0.1) is 5.69 Å². The maximum absolute atomic E-state index is 4.47. The van der Waals surface area contributed by atoms with Crippen LogP contribution in [0.3, 0.4) is 0 Å². The van der Waals surface area contributed by atoms with Crippen LogP contribution in [0.4, 0.5) is 5.69 Å². The third kappa shape index (κ3) is 2.31. The van der Waals surface area contributed by atoms with E-state index in [1.807, 2.05) is 0 Å². The van der Waals surface area contributed by atoms with Crippen molar-refractivity contribution >= 4 is 37.9 Å². The maximum atomic E-state index is 4.47. The molecule has 0 unspecified atom stereocenters. The molecule has 5 nitrogen and oxygen atoms in total. The zero-order valence-corrected chi connectivity index (χ0v) is 13.6. The first-order valence-electron chi connectivity index (χ1n) is 6.44. The summed E-state index contributed by atoms with van der Waals surface area (Å²) in [4.78, 5) is 3.12. The second kappa shape index (κ2) is 5.49. The van der Waals surface area contributed by atoms with E-state index in [2.05, 4.69) is 68.2 Å². The minimum Gasteiger partial charge on any atom is -0.371 e. The fourth-order valence-electron chi connectivity index (χ4n) is 2.14. The molecule has 0 bridgehead atoms. The molecule has 0 amide bonds. The van der Waals surface area contributed by atoms with Gasteiger partial charge in [-0.3, -0.25) is 0 Å². The van der Waals surface area contributed by atoms with Gasteiger partial charge in [-0.1, -0.05) is 11.3 Å². The number of aromatic nitrogens is 4. The molecule has 0 saturated carbocycles. The lowest BCUT2D eigenvalue weighted by molar-refractivity contribution is 0.864. The van der Waals surface area contributed by atoms with Crippen LogP contribution in [0, 0.1) is 0 Å². The molecule has 3 rings (SSSR count). The Bertz CT molecular complexity index is 703. The Labute approximate surface area is 129 Å². The summed E-state index contributed by atoms with van der Waals surface area (Å²) in [6, 6.07) is 6.35. The molecule has 0 saturated heterocycles. The summed E-state index contributed by atoms with van der Waals surface area (Å²) in [5.41, 5.74) is 2.30. The molecule has 2 heterocycles. The molecule has 1 aromatic carbocycles. The molecule has 7 heteroatoms. The summed E-state index contributed by atoms with van der Waals surface area (Å²) in [6.07, 6.45) is 1.62. The van der Waals surface area contributed by atoms with Crippen LogP contribution in [-0.2, 0) is 0 Å². The number of benzene rings is 1. The van der Waals surface area contributed by atoms with Gasteiger partial charge in [-0.2, -0.15) is 9.61 Å². The first kappa shape index (κ1) is 13.5. The average molecular weight is 352 g/mol. The van der Waals surface area contributed by atoms with E-state index in [9.17, 15) is 0 Å². The van der Waals surface area contributed by atoms with Gasteiger partial charge in [0, 0.05) is 23.1 Å². The fraction of sp³-hybridized carbons (Fsp3) is 0.308. The topological polar surface area (TPSA) is 46.3 Å². The van der Waals surface area contributed by atoms with Crippen molar-refractivity contribution in [3.05, 3.63) is 29.0 Å². The number of halogens is 1.